The first-order valence-corrected chi connectivity index (χ1v) is 9.82. The van der Waals surface area contributed by atoms with Crippen LogP contribution in [-0.2, 0) is 11.3 Å². The fraction of sp³-hybridized carbons (Fsp3) is 0.619. The lowest BCUT2D eigenvalue weighted by atomic mass is 9.98. The zero-order chi connectivity index (χ0) is 20.7. The second-order valence-electron chi connectivity index (χ2n) is 8.35. The maximum atomic E-state index is 13.4. The summed E-state index contributed by atoms with van der Waals surface area (Å²) in [5, 5.41) is 3.38. The van der Waals surface area contributed by atoms with Gasteiger partial charge in [-0.1, -0.05) is 12.1 Å². The molecule has 1 fully saturated rings. The maximum absolute atomic E-state index is 13.4. The molecule has 1 aliphatic heterocycles. The molecule has 29 heavy (non-hydrogen) atoms. The zero-order valence-electron chi connectivity index (χ0n) is 18.1. The number of ether oxygens (including phenoxy) is 1. The highest BCUT2D eigenvalue weighted by molar-refractivity contribution is 14.0. The van der Waals surface area contributed by atoms with Crippen molar-refractivity contribution in [2.45, 2.75) is 45.8 Å². The number of benzene rings is 1. The third-order valence-corrected chi connectivity index (χ3v) is 4.60. The maximum Gasteiger partial charge on any atom is 0.410 e. The largest absolute Gasteiger partial charge is 0.444 e. The summed E-state index contributed by atoms with van der Waals surface area (Å²) in [7, 11) is 3.66. The van der Waals surface area contributed by atoms with E-state index in [1.54, 1.807) is 18.0 Å². The standard InChI is InChI=1S/C21H33FN4O2.HI/c1-21(2,3)28-20(27)26-11-7-9-17(15-26)13-24-19(23-4)25(5)14-16-8-6-10-18(22)12-16;/h6,8,10,12,17H,7,9,11,13-15H2,1-5H3,(H,23,24);1H. The lowest BCUT2D eigenvalue weighted by molar-refractivity contribution is 0.0168. The van der Waals surface area contributed by atoms with Gasteiger partial charge < -0.3 is 19.9 Å². The van der Waals surface area contributed by atoms with Gasteiger partial charge in [-0.15, -0.1) is 24.0 Å². The predicted molar refractivity (Wildman–Crippen MR) is 125 cm³/mol. The summed E-state index contributed by atoms with van der Waals surface area (Å²) in [6.45, 7) is 8.34. The summed E-state index contributed by atoms with van der Waals surface area (Å²) in [5.41, 5.74) is 0.406. The Kier molecular flexibility index (Phi) is 10.2. The monoisotopic (exact) mass is 520 g/mol. The van der Waals surface area contributed by atoms with Crippen LogP contribution in [-0.4, -0.2) is 61.2 Å². The van der Waals surface area contributed by atoms with Crippen molar-refractivity contribution in [1.29, 1.82) is 0 Å². The van der Waals surface area contributed by atoms with Crippen molar-refractivity contribution in [3.05, 3.63) is 35.6 Å². The molecule has 0 spiro atoms. The number of amides is 1. The van der Waals surface area contributed by atoms with Gasteiger partial charge >= 0.3 is 6.09 Å². The number of carbonyl (C=O) groups is 1. The van der Waals surface area contributed by atoms with Crippen molar-refractivity contribution >= 4 is 36.0 Å². The Labute approximate surface area is 190 Å². The Balaban J connectivity index is 0.00000420. The number of nitrogens with zero attached hydrogens (tertiary/aromatic N) is 3. The van der Waals surface area contributed by atoms with Crippen molar-refractivity contribution in [2.75, 3.05) is 33.7 Å². The number of halogens is 2. The smallest absolute Gasteiger partial charge is 0.410 e. The lowest BCUT2D eigenvalue weighted by Crippen LogP contribution is -2.47. The molecule has 2 rings (SSSR count). The second-order valence-corrected chi connectivity index (χ2v) is 8.35. The number of aliphatic imine (C=N–C) groups is 1. The fourth-order valence-electron chi connectivity index (χ4n) is 3.33. The number of piperidine rings is 1. The minimum atomic E-state index is -0.482. The van der Waals surface area contributed by atoms with Gasteiger partial charge in [0.15, 0.2) is 5.96 Å². The van der Waals surface area contributed by atoms with Gasteiger partial charge in [0.05, 0.1) is 0 Å². The van der Waals surface area contributed by atoms with Crippen molar-refractivity contribution in [3.63, 3.8) is 0 Å². The van der Waals surface area contributed by atoms with E-state index in [2.05, 4.69) is 10.3 Å². The molecule has 1 unspecified atom stereocenters. The minimum Gasteiger partial charge on any atom is -0.444 e. The molecule has 6 nitrogen and oxygen atoms in total. The van der Waals surface area contributed by atoms with E-state index in [1.165, 1.54) is 12.1 Å². The molecule has 1 N–H and O–H groups in total. The number of hydrogen-bond acceptors (Lipinski definition) is 3. The molecular weight excluding hydrogens is 486 g/mol. The van der Waals surface area contributed by atoms with E-state index < -0.39 is 5.60 Å². The topological polar surface area (TPSA) is 57.2 Å². The van der Waals surface area contributed by atoms with Gasteiger partial charge in [-0.05, 0) is 57.2 Å². The number of hydrogen-bond donors (Lipinski definition) is 1. The molecule has 1 amide bonds. The Morgan fingerprint density at radius 3 is 2.76 bits per heavy atom. The van der Waals surface area contributed by atoms with Crippen LogP contribution < -0.4 is 5.32 Å². The normalized spacial score (nSPS) is 17.4. The highest BCUT2D eigenvalue weighted by Crippen LogP contribution is 2.19. The Bertz CT molecular complexity index is 694. The van der Waals surface area contributed by atoms with Crippen LogP contribution in [0.4, 0.5) is 9.18 Å². The van der Waals surface area contributed by atoms with Gasteiger partial charge in [-0.3, -0.25) is 4.99 Å². The van der Waals surface area contributed by atoms with Crippen LogP contribution in [0.5, 0.6) is 0 Å². The van der Waals surface area contributed by atoms with E-state index in [4.69, 9.17) is 4.74 Å². The van der Waals surface area contributed by atoms with Crippen molar-refractivity contribution in [1.82, 2.24) is 15.1 Å². The van der Waals surface area contributed by atoms with Crippen LogP contribution in [0.3, 0.4) is 0 Å². The summed E-state index contributed by atoms with van der Waals surface area (Å²) < 4.78 is 18.9. The van der Waals surface area contributed by atoms with Crippen molar-refractivity contribution in [2.24, 2.45) is 10.9 Å². The van der Waals surface area contributed by atoms with Gasteiger partial charge in [0, 0.05) is 40.3 Å². The molecule has 1 heterocycles. The Hall–Kier alpha value is -1.58. The average Bonchev–Trinajstić information content (AvgIpc) is 2.61. The van der Waals surface area contributed by atoms with Crippen LogP contribution >= 0.6 is 24.0 Å². The number of nitrogens with one attached hydrogen (secondary N) is 1. The minimum absolute atomic E-state index is 0. The molecule has 1 aromatic rings. The summed E-state index contributed by atoms with van der Waals surface area (Å²) in [4.78, 5) is 20.4. The van der Waals surface area contributed by atoms with Crippen LogP contribution in [0.1, 0.15) is 39.2 Å². The molecule has 0 bridgehead atoms. The Morgan fingerprint density at radius 1 is 1.41 bits per heavy atom. The first-order chi connectivity index (χ1) is 13.2. The van der Waals surface area contributed by atoms with E-state index in [-0.39, 0.29) is 35.9 Å². The first-order valence-electron chi connectivity index (χ1n) is 9.82. The van der Waals surface area contributed by atoms with Crippen LogP contribution in [0.2, 0.25) is 0 Å². The van der Waals surface area contributed by atoms with Crippen LogP contribution in [0, 0.1) is 11.7 Å². The van der Waals surface area contributed by atoms with Gasteiger partial charge in [0.25, 0.3) is 0 Å². The van der Waals surface area contributed by atoms with Gasteiger partial charge in [0.2, 0.25) is 0 Å². The number of likely N-dealkylation sites (tertiary alicyclic amines) is 1. The van der Waals surface area contributed by atoms with Gasteiger partial charge in [-0.25, -0.2) is 9.18 Å². The third-order valence-electron chi connectivity index (χ3n) is 4.60. The van der Waals surface area contributed by atoms with Gasteiger partial charge in [0.1, 0.15) is 11.4 Å². The van der Waals surface area contributed by atoms with E-state index in [9.17, 15) is 9.18 Å². The SMILES string of the molecule is CN=C(NCC1CCCN(C(=O)OC(C)(C)C)C1)N(C)Cc1cccc(F)c1.I. The molecule has 0 radical (unpaired) electrons. The quantitative estimate of drug-likeness (QED) is 0.369. The van der Waals surface area contributed by atoms with E-state index in [0.29, 0.717) is 19.0 Å². The van der Waals surface area contributed by atoms with E-state index >= 15 is 0 Å². The molecule has 1 aromatic carbocycles. The fourth-order valence-corrected chi connectivity index (χ4v) is 3.33. The zero-order valence-corrected chi connectivity index (χ0v) is 20.4. The Morgan fingerprint density at radius 2 is 2.14 bits per heavy atom. The van der Waals surface area contributed by atoms with E-state index in [0.717, 1.165) is 37.5 Å². The van der Waals surface area contributed by atoms with Crippen LogP contribution in [0.15, 0.2) is 29.3 Å². The molecule has 1 saturated heterocycles. The lowest BCUT2D eigenvalue weighted by Gasteiger charge is -2.34. The van der Waals surface area contributed by atoms with Crippen LogP contribution in [0.25, 0.3) is 0 Å². The molecule has 0 aliphatic carbocycles. The third kappa shape index (κ3) is 8.76. The average molecular weight is 520 g/mol. The summed E-state index contributed by atoms with van der Waals surface area (Å²) >= 11 is 0. The molecule has 164 valence electrons. The van der Waals surface area contributed by atoms with E-state index in [1.807, 2.05) is 38.8 Å². The number of rotatable bonds is 4. The summed E-state index contributed by atoms with van der Waals surface area (Å²) in [6.07, 6.45) is 1.77. The molecule has 0 aromatic heterocycles. The number of guanidine groups is 1. The summed E-state index contributed by atoms with van der Waals surface area (Å²) in [5.74, 6) is 0.845. The van der Waals surface area contributed by atoms with Crippen molar-refractivity contribution in [3.8, 4) is 0 Å². The van der Waals surface area contributed by atoms with Gasteiger partial charge in [-0.2, -0.15) is 0 Å². The molecular formula is C21H34FIN4O2. The second kappa shape index (κ2) is 11.6. The number of carbonyl (C=O) groups excluding carboxylic acids is 1. The highest BCUT2D eigenvalue weighted by atomic mass is 127. The molecule has 1 aliphatic rings. The predicted octanol–water partition coefficient (Wildman–Crippen LogP) is 4.10. The molecule has 0 saturated carbocycles. The van der Waals surface area contributed by atoms with Crippen molar-refractivity contribution < 1.29 is 13.9 Å². The first kappa shape index (κ1) is 25.5. The summed E-state index contributed by atoms with van der Waals surface area (Å²) in [6, 6.07) is 6.58. The molecule has 1 atom stereocenters. The highest BCUT2D eigenvalue weighted by Gasteiger charge is 2.27. The molecule has 8 heteroatoms.